The molecule has 5 N–H and O–H groups in total. The Hall–Kier alpha value is -0.570. The first-order valence-corrected chi connectivity index (χ1v) is 6.45. The molecule has 1 heterocycles. The smallest absolute Gasteiger partial charge is 0.164 e. The van der Waals surface area contributed by atoms with Gasteiger partial charge in [0.1, 0.15) is 36.6 Å². The lowest BCUT2D eigenvalue weighted by atomic mass is 9.90. The van der Waals surface area contributed by atoms with E-state index >= 15 is 0 Å². The Morgan fingerprint density at radius 1 is 1.21 bits per heavy atom. The minimum Gasteiger partial charge on any atom is -0.394 e. The summed E-state index contributed by atoms with van der Waals surface area (Å²) in [6.07, 6.45) is -7.17. The maximum absolute atomic E-state index is 11.7. The van der Waals surface area contributed by atoms with Crippen LogP contribution in [0.15, 0.2) is 0 Å². The first-order valence-electron chi connectivity index (χ1n) is 6.45. The first-order chi connectivity index (χ1) is 8.93. The lowest BCUT2D eigenvalue weighted by Crippen LogP contribution is -2.62. The first kappa shape index (κ1) is 16.5. The van der Waals surface area contributed by atoms with Gasteiger partial charge in [0.05, 0.1) is 6.61 Å². The van der Waals surface area contributed by atoms with Crippen LogP contribution >= 0.6 is 0 Å². The summed E-state index contributed by atoms with van der Waals surface area (Å²) in [6.45, 7) is 1.31. The molecule has 7 nitrogen and oxygen atoms in total. The summed E-state index contributed by atoms with van der Waals surface area (Å²) in [5.74, 6) is -0.494. The maximum Gasteiger partial charge on any atom is 0.164 e. The number of ether oxygens (including phenoxy) is 1. The van der Waals surface area contributed by atoms with Gasteiger partial charge in [-0.25, -0.2) is 0 Å². The zero-order valence-electron chi connectivity index (χ0n) is 10.8. The fourth-order valence-corrected chi connectivity index (χ4v) is 2.07. The average molecular weight is 278 g/mol. The molecule has 0 bridgehead atoms. The van der Waals surface area contributed by atoms with E-state index < -0.39 is 49.0 Å². The molecule has 6 atom stereocenters. The van der Waals surface area contributed by atoms with Crippen molar-refractivity contribution < 1.29 is 35.1 Å². The molecule has 1 aliphatic heterocycles. The van der Waals surface area contributed by atoms with Gasteiger partial charge in [0.2, 0.25) is 0 Å². The lowest BCUT2D eigenvalue weighted by molar-refractivity contribution is -0.246. The van der Waals surface area contributed by atoms with Crippen LogP contribution < -0.4 is 0 Å². The van der Waals surface area contributed by atoms with Gasteiger partial charge in [-0.3, -0.25) is 4.79 Å². The molecular formula is C12H22O7. The number of unbranched alkanes of at least 4 members (excludes halogenated alkanes) is 1. The Balaban J connectivity index is 2.72. The van der Waals surface area contributed by atoms with Gasteiger partial charge < -0.3 is 30.3 Å². The van der Waals surface area contributed by atoms with Crippen LogP contribution in [0.25, 0.3) is 0 Å². The monoisotopic (exact) mass is 278 g/mol. The Morgan fingerprint density at radius 2 is 1.84 bits per heavy atom. The second-order valence-electron chi connectivity index (χ2n) is 4.81. The molecule has 0 aliphatic carbocycles. The van der Waals surface area contributed by atoms with Gasteiger partial charge in [-0.1, -0.05) is 13.3 Å². The molecular weight excluding hydrogens is 256 g/mol. The van der Waals surface area contributed by atoms with Crippen molar-refractivity contribution in [3.8, 4) is 0 Å². The number of aliphatic hydroxyl groups excluding tert-OH is 5. The van der Waals surface area contributed by atoms with Gasteiger partial charge in [0.15, 0.2) is 5.78 Å². The molecule has 0 saturated carbocycles. The normalized spacial score (nSPS) is 37.1. The molecule has 2 unspecified atom stereocenters. The van der Waals surface area contributed by atoms with Crippen molar-refractivity contribution in [3.05, 3.63) is 0 Å². The van der Waals surface area contributed by atoms with Gasteiger partial charge in [0.25, 0.3) is 0 Å². The van der Waals surface area contributed by atoms with Gasteiger partial charge in [-0.15, -0.1) is 0 Å². The number of aliphatic hydroxyl groups is 5. The van der Waals surface area contributed by atoms with Crippen molar-refractivity contribution in [3.63, 3.8) is 0 Å². The molecule has 1 aliphatic rings. The molecule has 0 aromatic carbocycles. The van der Waals surface area contributed by atoms with Crippen molar-refractivity contribution >= 4 is 5.78 Å². The van der Waals surface area contributed by atoms with Crippen molar-refractivity contribution in [2.45, 2.75) is 62.8 Å². The maximum atomic E-state index is 11.7. The standard InChI is InChI=1S/C12H22O7/c1-2-3-4-6(14)8(15)12-11(18)10(17)9(16)7(5-13)19-12/h7-13,15-18H,2-5H2,1H3/t7-,8?,9-,10+,11+,12?/m1/s1. The van der Waals surface area contributed by atoms with E-state index in [0.29, 0.717) is 6.42 Å². The van der Waals surface area contributed by atoms with E-state index in [1.54, 1.807) is 0 Å². The number of hydrogen-bond donors (Lipinski definition) is 5. The van der Waals surface area contributed by atoms with E-state index in [-0.39, 0.29) is 6.42 Å². The highest BCUT2D eigenvalue weighted by Crippen LogP contribution is 2.24. The number of carbonyl (C=O) groups excluding carboxylic acids is 1. The van der Waals surface area contributed by atoms with Gasteiger partial charge in [-0.05, 0) is 6.42 Å². The molecule has 7 heteroatoms. The predicted molar refractivity (Wildman–Crippen MR) is 64.3 cm³/mol. The van der Waals surface area contributed by atoms with E-state index in [1.807, 2.05) is 6.92 Å². The summed E-state index contributed by atoms with van der Waals surface area (Å²) in [5, 5.41) is 47.7. The lowest BCUT2D eigenvalue weighted by Gasteiger charge is -2.41. The summed E-state index contributed by atoms with van der Waals surface area (Å²) in [4.78, 5) is 11.7. The zero-order chi connectivity index (χ0) is 14.6. The topological polar surface area (TPSA) is 127 Å². The van der Waals surface area contributed by atoms with Crippen LogP contribution in [0.3, 0.4) is 0 Å². The molecule has 112 valence electrons. The van der Waals surface area contributed by atoms with Gasteiger partial charge in [-0.2, -0.15) is 0 Å². The van der Waals surface area contributed by atoms with E-state index in [1.165, 1.54) is 0 Å². The predicted octanol–water partition coefficient (Wildman–Crippen LogP) is -2.05. The van der Waals surface area contributed by atoms with Gasteiger partial charge in [0, 0.05) is 6.42 Å². The molecule has 0 aromatic heterocycles. The fraction of sp³-hybridized carbons (Fsp3) is 0.917. The van der Waals surface area contributed by atoms with Crippen molar-refractivity contribution in [2.24, 2.45) is 0 Å². The molecule has 19 heavy (non-hydrogen) atoms. The van der Waals surface area contributed by atoms with E-state index in [0.717, 1.165) is 6.42 Å². The van der Waals surface area contributed by atoms with Crippen molar-refractivity contribution in [2.75, 3.05) is 6.61 Å². The third-order valence-electron chi connectivity index (χ3n) is 3.35. The van der Waals surface area contributed by atoms with Gasteiger partial charge >= 0.3 is 0 Å². The molecule has 0 amide bonds. The van der Waals surface area contributed by atoms with E-state index in [9.17, 15) is 25.2 Å². The highest BCUT2D eigenvalue weighted by molar-refractivity contribution is 5.83. The van der Waals surface area contributed by atoms with Crippen molar-refractivity contribution in [1.29, 1.82) is 0 Å². The summed E-state index contributed by atoms with van der Waals surface area (Å²) in [6, 6.07) is 0. The summed E-state index contributed by atoms with van der Waals surface area (Å²) in [5.41, 5.74) is 0. The second-order valence-corrected chi connectivity index (χ2v) is 4.81. The highest BCUT2D eigenvalue weighted by atomic mass is 16.6. The molecule has 1 rings (SSSR count). The number of carbonyl (C=O) groups is 1. The molecule has 0 aromatic rings. The quantitative estimate of drug-likeness (QED) is 0.378. The number of hydrogen-bond acceptors (Lipinski definition) is 7. The molecule has 1 fully saturated rings. The second kappa shape index (κ2) is 7.28. The SMILES string of the molecule is CCCCC(=O)C(O)C1O[C@H](CO)[C@@H](O)[C@H](O)[C@@H]1O. The third kappa shape index (κ3) is 3.71. The van der Waals surface area contributed by atoms with Crippen LogP contribution in [0.1, 0.15) is 26.2 Å². The highest BCUT2D eigenvalue weighted by Gasteiger charge is 2.47. The average Bonchev–Trinajstić information content (AvgIpc) is 2.42. The Morgan fingerprint density at radius 3 is 2.37 bits per heavy atom. The van der Waals surface area contributed by atoms with E-state index in [4.69, 9.17) is 9.84 Å². The van der Waals surface area contributed by atoms with Crippen LogP contribution in [0, 0.1) is 0 Å². The largest absolute Gasteiger partial charge is 0.394 e. The summed E-state index contributed by atoms with van der Waals surface area (Å²) < 4.78 is 5.11. The van der Waals surface area contributed by atoms with Crippen LogP contribution in [0.4, 0.5) is 0 Å². The Labute approximate surface area is 111 Å². The Bertz CT molecular complexity index is 294. The number of rotatable bonds is 6. The van der Waals surface area contributed by atoms with Crippen molar-refractivity contribution in [1.82, 2.24) is 0 Å². The molecule has 0 radical (unpaired) electrons. The van der Waals surface area contributed by atoms with E-state index in [2.05, 4.69) is 0 Å². The van der Waals surface area contributed by atoms with Crippen LogP contribution in [0.2, 0.25) is 0 Å². The summed E-state index contributed by atoms with van der Waals surface area (Å²) >= 11 is 0. The van der Waals surface area contributed by atoms with Crippen LogP contribution in [-0.4, -0.2) is 74.5 Å². The fourth-order valence-electron chi connectivity index (χ4n) is 2.07. The number of ketones is 1. The number of Topliss-reactive ketones (excluding diaryl/α,β-unsaturated/α-hetero) is 1. The minimum absolute atomic E-state index is 0.146. The minimum atomic E-state index is -1.59. The zero-order valence-corrected chi connectivity index (χ0v) is 10.8. The van der Waals surface area contributed by atoms with Crippen LogP contribution in [-0.2, 0) is 9.53 Å². The summed E-state index contributed by atoms with van der Waals surface area (Å²) in [7, 11) is 0. The molecule has 0 spiro atoms. The third-order valence-corrected chi connectivity index (χ3v) is 3.35. The van der Waals surface area contributed by atoms with Crippen LogP contribution in [0.5, 0.6) is 0 Å². The Kier molecular flexibility index (Phi) is 6.31. The molecule has 1 saturated heterocycles.